The zero-order valence-corrected chi connectivity index (χ0v) is 13.0. The Balaban J connectivity index is 2.00. The molecule has 0 atom stereocenters. The molecule has 1 heterocycles. The van der Waals surface area contributed by atoms with Gasteiger partial charge in [0.15, 0.2) is 0 Å². The average Bonchev–Trinajstić information content (AvgIpc) is 2.51. The first-order valence-electron chi connectivity index (χ1n) is 7.38. The fourth-order valence-corrected chi connectivity index (χ4v) is 2.32. The summed E-state index contributed by atoms with van der Waals surface area (Å²) in [7, 11) is 1.76. The van der Waals surface area contributed by atoms with Crippen molar-refractivity contribution in [3.63, 3.8) is 0 Å². The van der Waals surface area contributed by atoms with Crippen molar-refractivity contribution < 1.29 is 0 Å². The minimum absolute atomic E-state index is 0.00382. The molecule has 0 radical (unpaired) electrons. The summed E-state index contributed by atoms with van der Waals surface area (Å²) in [6.07, 6.45) is 1.81. The average molecular weight is 285 g/mol. The van der Waals surface area contributed by atoms with E-state index in [1.165, 1.54) is 11.3 Å². The smallest absolute Gasteiger partial charge is 0.250 e. The van der Waals surface area contributed by atoms with Crippen molar-refractivity contribution in [3.8, 4) is 0 Å². The summed E-state index contributed by atoms with van der Waals surface area (Å²) < 4.78 is 1.58. The number of hydrogen-bond acceptors (Lipinski definition) is 3. The van der Waals surface area contributed by atoms with Crippen molar-refractivity contribution in [1.82, 2.24) is 4.57 Å². The zero-order valence-electron chi connectivity index (χ0n) is 13.0. The number of aryl methyl sites for hydroxylation is 1. The van der Waals surface area contributed by atoms with E-state index in [-0.39, 0.29) is 5.56 Å². The van der Waals surface area contributed by atoms with Crippen LogP contribution in [0.2, 0.25) is 0 Å². The third kappa shape index (κ3) is 3.88. The van der Waals surface area contributed by atoms with E-state index < -0.39 is 0 Å². The molecule has 21 heavy (non-hydrogen) atoms. The lowest BCUT2D eigenvalue weighted by Crippen LogP contribution is -2.21. The van der Waals surface area contributed by atoms with Crippen LogP contribution in [0.4, 0.5) is 11.4 Å². The molecule has 112 valence electrons. The maximum absolute atomic E-state index is 11.3. The molecule has 0 fully saturated rings. The zero-order chi connectivity index (χ0) is 15.2. The third-order valence-corrected chi connectivity index (χ3v) is 3.65. The van der Waals surface area contributed by atoms with Crippen molar-refractivity contribution in [2.45, 2.75) is 20.4 Å². The highest BCUT2D eigenvalue weighted by molar-refractivity contribution is 5.48. The molecular weight excluding hydrogens is 262 g/mol. The molecule has 4 nitrogen and oxygen atoms in total. The summed E-state index contributed by atoms with van der Waals surface area (Å²) in [6.45, 7) is 7.12. The Kier molecular flexibility index (Phi) is 5.04. The molecule has 2 aromatic rings. The summed E-state index contributed by atoms with van der Waals surface area (Å²) in [5.41, 5.74) is 3.43. The van der Waals surface area contributed by atoms with Gasteiger partial charge in [-0.15, -0.1) is 0 Å². The van der Waals surface area contributed by atoms with Crippen molar-refractivity contribution in [2.24, 2.45) is 7.05 Å². The maximum Gasteiger partial charge on any atom is 0.250 e. The minimum Gasteiger partial charge on any atom is -0.380 e. The van der Waals surface area contributed by atoms with Crippen molar-refractivity contribution >= 4 is 11.4 Å². The van der Waals surface area contributed by atoms with Gasteiger partial charge in [0.1, 0.15) is 0 Å². The van der Waals surface area contributed by atoms with E-state index in [4.69, 9.17) is 0 Å². The van der Waals surface area contributed by atoms with E-state index in [0.717, 1.165) is 25.3 Å². The lowest BCUT2D eigenvalue weighted by molar-refractivity contribution is 0.859. The molecule has 0 saturated heterocycles. The topological polar surface area (TPSA) is 37.3 Å². The Morgan fingerprint density at radius 2 is 1.71 bits per heavy atom. The van der Waals surface area contributed by atoms with Crippen LogP contribution in [0.3, 0.4) is 0 Å². The fraction of sp³-hybridized carbons (Fsp3) is 0.353. The molecule has 0 spiro atoms. The van der Waals surface area contributed by atoms with Gasteiger partial charge in [-0.1, -0.05) is 12.1 Å². The maximum atomic E-state index is 11.3. The molecule has 2 rings (SSSR count). The minimum atomic E-state index is 0.00382. The number of hydrogen-bond donors (Lipinski definition) is 1. The van der Waals surface area contributed by atoms with Crippen LogP contribution in [0, 0.1) is 0 Å². The fourth-order valence-electron chi connectivity index (χ4n) is 2.32. The highest BCUT2D eigenvalue weighted by atomic mass is 16.1. The van der Waals surface area contributed by atoms with Gasteiger partial charge in [0.2, 0.25) is 5.56 Å². The van der Waals surface area contributed by atoms with Gasteiger partial charge in [-0.05, 0) is 37.6 Å². The molecule has 0 bridgehead atoms. The number of rotatable bonds is 6. The Labute approximate surface area is 126 Å². The summed E-state index contributed by atoms with van der Waals surface area (Å²) in [6, 6.07) is 12.0. The molecule has 0 saturated carbocycles. The predicted molar refractivity (Wildman–Crippen MR) is 89.0 cm³/mol. The quantitative estimate of drug-likeness (QED) is 0.887. The van der Waals surface area contributed by atoms with Crippen molar-refractivity contribution in [2.75, 3.05) is 23.3 Å². The Hall–Kier alpha value is -2.23. The molecule has 0 unspecified atom stereocenters. The summed E-state index contributed by atoms with van der Waals surface area (Å²) in [5, 5.41) is 3.33. The monoisotopic (exact) mass is 285 g/mol. The molecule has 0 amide bonds. The number of pyridine rings is 1. The molecule has 0 aliphatic rings. The van der Waals surface area contributed by atoms with Crippen molar-refractivity contribution in [1.29, 1.82) is 0 Å². The first-order valence-corrected chi connectivity index (χ1v) is 7.38. The van der Waals surface area contributed by atoms with E-state index in [0.29, 0.717) is 0 Å². The standard InChI is InChI=1S/C17H23N3O/c1-4-20(5-2)16-9-6-14(7-10-16)12-18-15-8-11-17(21)19(3)13-15/h6-11,13,18H,4-5,12H2,1-3H3. The second-order valence-electron chi connectivity index (χ2n) is 5.06. The molecule has 0 aliphatic heterocycles. The number of benzene rings is 1. The van der Waals surface area contributed by atoms with Crippen LogP contribution in [0.25, 0.3) is 0 Å². The first-order chi connectivity index (χ1) is 10.1. The summed E-state index contributed by atoms with van der Waals surface area (Å²) in [5.74, 6) is 0. The van der Waals surface area contributed by atoms with Crippen LogP contribution in [0.15, 0.2) is 47.4 Å². The van der Waals surface area contributed by atoms with E-state index in [1.807, 2.05) is 12.3 Å². The molecule has 4 heteroatoms. The molecule has 1 aromatic heterocycles. The second kappa shape index (κ2) is 6.97. The largest absolute Gasteiger partial charge is 0.380 e. The van der Waals surface area contributed by atoms with Crippen LogP contribution in [-0.4, -0.2) is 17.7 Å². The van der Waals surface area contributed by atoms with Crippen LogP contribution in [0.1, 0.15) is 19.4 Å². The third-order valence-electron chi connectivity index (χ3n) is 3.65. The lowest BCUT2D eigenvalue weighted by atomic mass is 10.2. The molecule has 0 aliphatic carbocycles. The highest BCUT2D eigenvalue weighted by Crippen LogP contribution is 2.15. The van der Waals surface area contributed by atoms with Crippen LogP contribution < -0.4 is 15.8 Å². The highest BCUT2D eigenvalue weighted by Gasteiger charge is 2.01. The van der Waals surface area contributed by atoms with E-state index in [9.17, 15) is 4.79 Å². The normalized spacial score (nSPS) is 10.4. The Bertz CT molecular complexity index is 627. The number of anilines is 2. The summed E-state index contributed by atoms with van der Waals surface area (Å²) in [4.78, 5) is 13.7. The second-order valence-corrected chi connectivity index (χ2v) is 5.06. The Morgan fingerprint density at radius 1 is 1.05 bits per heavy atom. The first kappa shape index (κ1) is 15.2. The van der Waals surface area contributed by atoms with Gasteiger partial charge in [0, 0.05) is 44.6 Å². The van der Waals surface area contributed by atoms with Gasteiger partial charge < -0.3 is 14.8 Å². The number of nitrogens with zero attached hydrogens (tertiary/aromatic N) is 2. The van der Waals surface area contributed by atoms with Crippen LogP contribution in [-0.2, 0) is 13.6 Å². The number of aromatic nitrogens is 1. The molecule has 1 N–H and O–H groups in total. The SMILES string of the molecule is CCN(CC)c1ccc(CNc2ccc(=O)n(C)c2)cc1. The Morgan fingerprint density at radius 3 is 2.29 bits per heavy atom. The van der Waals surface area contributed by atoms with Crippen molar-refractivity contribution in [3.05, 3.63) is 58.5 Å². The van der Waals surface area contributed by atoms with Crippen LogP contribution in [0.5, 0.6) is 0 Å². The molecular formula is C17H23N3O. The van der Waals surface area contributed by atoms with Gasteiger partial charge in [0.05, 0.1) is 5.69 Å². The summed E-state index contributed by atoms with van der Waals surface area (Å²) >= 11 is 0. The van der Waals surface area contributed by atoms with Crippen LogP contribution >= 0.6 is 0 Å². The number of nitrogens with one attached hydrogen (secondary N) is 1. The van der Waals surface area contributed by atoms with Gasteiger partial charge in [-0.2, -0.15) is 0 Å². The molecule has 1 aromatic carbocycles. The van der Waals surface area contributed by atoms with E-state index in [2.05, 4.69) is 48.3 Å². The predicted octanol–water partition coefficient (Wildman–Crippen LogP) is 2.84. The van der Waals surface area contributed by atoms with Gasteiger partial charge in [-0.3, -0.25) is 4.79 Å². The lowest BCUT2D eigenvalue weighted by Gasteiger charge is -2.21. The van der Waals surface area contributed by atoms with E-state index >= 15 is 0 Å². The van der Waals surface area contributed by atoms with Gasteiger partial charge in [0.25, 0.3) is 0 Å². The van der Waals surface area contributed by atoms with Gasteiger partial charge in [-0.25, -0.2) is 0 Å². The van der Waals surface area contributed by atoms with Gasteiger partial charge >= 0.3 is 0 Å². The van der Waals surface area contributed by atoms with E-state index in [1.54, 1.807) is 17.7 Å².